The number of rotatable bonds is 1. The van der Waals surface area contributed by atoms with Gasteiger partial charge >= 0.3 is 0 Å². The summed E-state index contributed by atoms with van der Waals surface area (Å²) in [7, 11) is 0. The van der Waals surface area contributed by atoms with E-state index in [1.165, 1.54) is 0 Å². The highest BCUT2D eigenvalue weighted by Gasteiger charge is 2.04. The summed E-state index contributed by atoms with van der Waals surface area (Å²) in [5.74, 6) is 0. The van der Waals surface area contributed by atoms with Crippen molar-refractivity contribution in [2.45, 2.75) is 13.5 Å². The van der Waals surface area contributed by atoms with Crippen molar-refractivity contribution in [1.82, 2.24) is 9.38 Å². The van der Waals surface area contributed by atoms with Crippen LogP contribution in [0.3, 0.4) is 0 Å². The predicted molar refractivity (Wildman–Crippen MR) is 45.9 cm³/mol. The minimum Gasteiger partial charge on any atom is -0.390 e. The fourth-order valence-corrected chi connectivity index (χ4v) is 1.35. The molecule has 0 aliphatic carbocycles. The van der Waals surface area contributed by atoms with Crippen molar-refractivity contribution in [2.75, 3.05) is 0 Å². The molecule has 0 saturated heterocycles. The number of imidazole rings is 1. The average molecular weight is 162 g/mol. The van der Waals surface area contributed by atoms with Gasteiger partial charge in [-0.25, -0.2) is 4.98 Å². The first kappa shape index (κ1) is 7.31. The lowest BCUT2D eigenvalue weighted by Gasteiger charge is -1.96. The Balaban J connectivity index is 2.81. The molecule has 2 rings (SSSR count). The molecule has 0 unspecified atom stereocenters. The molecule has 0 aliphatic rings. The molecule has 0 bridgehead atoms. The number of hydrogen-bond donors (Lipinski definition) is 1. The van der Waals surface area contributed by atoms with E-state index in [1.54, 1.807) is 0 Å². The van der Waals surface area contributed by atoms with Crippen LogP contribution in [0, 0.1) is 6.92 Å². The van der Waals surface area contributed by atoms with Gasteiger partial charge in [-0.3, -0.25) is 0 Å². The highest BCUT2D eigenvalue weighted by Crippen LogP contribution is 2.10. The third-order valence-electron chi connectivity index (χ3n) is 1.98. The molecule has 0 saturated carbocycles. The molecule has 2 heterocycles. The SMILES string of the molecule is Cc1nc2ccccn2c1CO. The molecule has 0 atom stereocenters. The van der Waals surface area contributed by atoms with Crippen LogP contribution in [0.25, 0.3) is 5.65 Å². The number of pyridine rings is 1. The number of nitrogens with zero attached hydrogens (tertiary/aromatic N) is 2. The molecule has 1 N–H and O–H groups in total. The van der Waals surface area contributed by atoms with E-state index in [0.717, 1.165) is 17.0 Å². The van der Waals surface area contributed by atoms with Gasteiger partial charge in [-0.05, 0) is 19.1 Å². The van der Waals surface area contributed by atoms with Crippen molar-refractivity contribution < 1.29 is 5.11 Å². The number of aliphatic hydroxyl groups excluding tert-OH is 1. The normalized spacial score (nSPS) is 10.8. The van der Waals surface area contributed by atoms with Gasteiger partial charge in [0, 0.05) is 6.20 Å². The number of aryl methyl sites for hydroxylation is 1. The molecule has 3 nitrogen and oxygen atoms in total. The summed E-state index contributed by atoms with van der Waals surface area (Å²) in [4.78, 5) is 4.29. The second-order valence-electron chi connectivity index (χ2n) is 2.73. The summed E-state index contributed by atoms with van der Waals surface area (Å²) in [6.07, 6.45) is 1.90. The first-order valence-electron chi connectivity index (χ1n) is 3.86. The van der Waals surface area contributed by atoms with E-state index < -0.39 is 0 Å². The maximum atomic E-state index is 9.04. The Hall–Kier alpha value is -1.35. The van der Waals surface area contributed by atoms with E-state index in [-0.39, 0.29) is 6.61 Å². The summed E-state index contributed by atoms with van der Waals surface area (Å²) < 4.78 is 1.90. The van der Waals surface area contributed by atoms with Crippen LogP contribution < -0.4 is 0 Å². The largest absolute Gasteiger partial charge is 0.390 e. The fraction of sp³-hybridized carbons (Fsp3) is 0.222. The molecule has 62 valence electrons. The highest BCUT2D eigenvalue weighted by molar-refractivity contribution is 5.42. The first-order valence-corrected chi connectivity index (χ1v) is 3.86. The second kappa shape index (κ2) is 2.60. The van der Waals surface area contributed by atoms with Gasteiger partial charge in [-0.1, -0.05) is 6.07 Å². The molecule has 0 fully saturated rings. The molecule has 0 aromatic carbocycles. The summed E-state index contributed by atoms with van der Waals surface area (Å²) in [6, 6.07) is 5.78. The quantitative estimate of drug-likeness (QED) is 0.682. The van der Waals surface area contributed by atoms with E-state index in [0.29, 0.717) is 0 Å². The van der Waals surface area contributed by atoms with Crippen LogP contribution >= 0.6 is 0 Å². The monoisotopic (exact) mass is 162 g/mol. The van der Waals surface area contributed by atoms with Gasteiger partial charge in [-0.15, -0.1) is 0 Å². The van der Waals surface area contributed by atoms with Crippen molar-refractivity contribution in [2.24, 2.45) is 0 Å². The van der Waals surface area contributed by atoms with Crippen LogP contribution in [-0.2, 0) is 6.61 Å². The average Bonchev–Trinajstić information content (AvgIpc) is 2.40. The van der Waals surface area contributed by atoms with Gasteiger partial charge in [0.2, 0.25) is 0 Å². The number of fused-ring (bicyclic) bond motifs is 1. The Morgan fingerprint density at radius 1 is 1.50 bits per heavy atom. The zero-order valence-corrected chi connectivity index (χ0v) is 6.86. The van der Waals surface area contributed by atoms with Crippen LogP contribution in [-0.4, -0.2) is 14.5 Å². The molecule has 2 aromatic heterocycles. The van der Waals surface area contributed by atoms with Crippen molar-refractivity contribution >= 4 is 5.65 Å². The maximum Gasteiger partial charge on any atom is 0.137 e. The highest BCUT2D eigenvalue weighted by atomic mass is 16.3. The fourth-order valence-electron chi connectivity index (χ4n) is 1.35. The van der Waals surface area contributed by atoms with E-state index in [2.05, 4.69) is 4.98 Å². The molecular weight excluding hydrogens is 152 g/mol. The van der Waals surface area contributed by atoms with Gasteiger partial charge in [0.15, 0.2) is 0 Å². The minimum atomic E-state index is 0.0387. The molecule has 0 radical (unpaired) electrons. The molecule has 2 aromatic rings. The smallest absolute Gasteiger partial charge is 0.137 e. The van der Waals surface area contributed by atoms with Gasteiger partial charge in [0.05, 0.1) is 18.0 Å². The van der Waals surface area contributed by atoms with Crippen molar-refractivity contribution in [3.8, 4) is 0 Å². The van der Waals surface area contributed by atoms with E-state index >= 15 is 0 Å². The first-order chi connectivity index (χ1) is 5.83. The summed E-state index contributed by atoms with van der Waals surface area (Å²) in [5, 5.41) is 9.04. The maximum absolute atomic E-state index is 9.04. The topological polar surface area (TPSA) is 37.5 Å². The molecule has 0 aliphatic heterocycles. The summed E-state index contributed by atoms with van der Waals surface area (Å²) in [6.45, 7) is 1.94. The Bertz CT molecular complexity index is 406. The zero-order chi connectivity index (χ0) is 8.55. The molecular formula is C9H10N2O. The van der Waals surface area contributed by atoms with Crippen LogP contribution in [0.5, 0.6) is 0 Å². The van der Waals surface area contributed by atoms with Crippen LogP contribution in [0.15, 0.2) is 24.4 Å². The molecule has 0 amide bonds. The molecule has 0 spiro atoms. The van der Waals surface area contributed by atoms with Crippen molar-refractivity contribution in [3.05, 3.63) is 35.8 Å². The Morgan fingerprint density at radius 3 is 3.08 bits per heavy atom. The van der Waals surface area contributed by atoms with E-state index in [1.807, 2.05) is 35.7 Å². The van der Waals surface area contributed by atoms with Crippen LogP contribution in [0.4, 0.5) is 0 Å². The zero-order valence-electron chi connectivity index (χ0n) is 6.86. The van der Waals surface area contributed by atoms with Crippen molar-refractivity contribution in [1.29, 1.82) is 0 Å². The van der Waals surface area contributed by atoms with Gasteiger partial charge in [-0.2, -0.15) is 0 Å². The molecule has 12 heavy (non-hydrogen) atoms. The third-order valence-corrected chi connectivity index (χ3v) is 1.98. The van der Waals surface area contributed by atoms with Gasteiger partial charge in [0.25, 0.3) is 0 Å². The lowest BCUT2D eigenvalue weighted by Crippen LogP contribution is -1.92. The number of hydrogen-bond acceptors (Lipinski definition) is 2. The summed E-state index contributed by atoms with van der Waals surface area (Å²) in [5.41, 5.74) is 2.65. The van der Waals surface area contributed by atoms with Gasteiger partial charge in [0.1, 0.15) is 5.65 Å². The minimum absolute atomic E-state index is 0.0387. The van der Waals surface area contributed by atoms with Gasteiger partial charge < -0.3 is 9.51 Å². The number of aliphatic hydroxyl groups is 1. The number of aromatic nitrogens is 2. The lowest BCUT2D eigenvalue weighted by molar-refractivity contribution is 0.275. The Labute approximate surface area is 70.3 Å². The predicted octanol–water partition coefficient (Wildman–Crippen LogP) is 1.14. The standard InChI is InChI=1S/C9H10N2O/c1-7-8(6-12)11-5-3-2-4-9(11)10-7/h2-5,12H,6H2,1H3. The Kier molecular flexibility index (Phi) is 1.59. The lowest BCUT2D eigenvalue weighted by atomic mass is 10.3. The Morgan fingerprint density at radius 2 is 2.33 bits per heavy atom. The van der Waals surface area contributed by atoms with E-state index in [9.17, 15) is 0 Å². The van der Waals surface area contributed by atoms with E-state index in [4.69, 9.17) is 5.11 Å². The second-order valence-corrected chi connectivity index (χ2v) is 2.73. The van der Waals surface area contributed by atoms with Crippen molar-refractivity contribution in [3.63, 3.8) is 0 Å². The summed E-state index contributed by atoms with van der Waals surface area (Å²) >= 11 is 0. The van der Waals surface area contributed by atoms with Crippen LogP contribution in [0.1, 0.15) is 11.4 Å². The van der Waals surface area contributed by atoms with Crippen LogP contribution in [0.2, 0.25) is 0 Å². The third kappa shape index (κ3) is 0.905. The molecule has 3 heteroatoms.